The van der Waals surface area contributed by atoms with E-state index in [1.165, 1.54) is 9.75 Å². The smallest absolute Gasteiger partial charge is 0.131 e. The van der Waals surface area contributed by atoms with Crippen LogP contribution in [0.1, 0.15) is 35.5 Å². The number of rotatable bonds is 5. The lowest BCUT2D eigenvalue weighted by molar-refractivity contribution is 0.565. The van der Waals surface area contributed by atoms with Crippen molar-refractivity contribution < 1.29 is 0 Å². The molecule has 0 aliphatic rings. The van der Waals surface area contributed by atoms with Crippen LogP contribution in [0.25, 0.3) is 0 Å². The molecule has 4 heteroatoms. The SMILES string of the molecule is CCNC(c1ccc(C)s1)c1nccn1CC. The molecule has 0 saturated carbocycles. The Hall–Kier alpha value is -1.13. The zero-order chi connectivity index (χ0) is 12.3. The van der Waals surface area contributed by atoms with Gasteiger partial charge in [0.25, 0.3) is 0 Å². The molecule has 2 rings (SSSR count). The van der Waals surface area contributed by atoms with Gasteiger partial charge >= 0.3 is 0 Å². The predicted octanol–water partition coefficient (Wildman–Crippen LogP) is 2.97. The summed E-state index contributed by atoms with van der Waals surface area (Å²) in [6, 6.07) is 4.58. The van der Waals surface area contributed by atoms with Crippen molar-refractivity contribution in [3.8, 4) is 0 Å². The first-order valence-electron chi connectivity index (χ1n) is 6.07. The molecule has 2 aromatic rings. The predicted molar refractivity (Wildman–Crippen MR) is 72.5 cm³/mol. The summed E-state index contributed by atoms with van der Waals surface area (Å²) in [5.74, 6) is 1.11. The first-order valence-corrected chi connectivity index (χ1v) is 6.88. The van der Waals surface area contributed by atoms with Crippen molar-refractivity contribution >= 4 is 11.3 Å². The average Bonchev–Trinajstić information content (AvgIpc) is 2.94. The lowest BCUT2D eigenvalue weighted by atomic mass is 10.2. The van der Waals surface area contributed by atoms with E-state index >= 15 is 0 Å². The second-order valence-corrected chi connectivity index (χ2v) is 5.33. The van der Waals surface area contributed by atoms with Crippen LogP contribution >= 0.6 is 11.3 Å². The van der Waals surface area contributed by atoms with Crippen molar-refractivity contribution in [3.05, 3.63) is 40.1 Å². The second-order valence-electron chi connectivity index (χ2n) is 4.01. The van der Waals surface area contributed by atoms with E-state index in [1.807, 2.05) is 23.7 Å². The van der Waals surface area contributed by atoms with Crippen LogP contribution in [0.15, 0.2) is 24.5 Å². The molecule has 0 bridgehead atoms. The summed E-state index contributed by atoms with van der Waals surface area (Å²) < 4.78 is 2.20. The quantitative estimate of drug-likeness (QED) is 0.883. The van der Waals surface area contributed by atoms with Crippen LogP contribution in [0.3, 0.4) is 0 Å². The Labute approximate surface area is 107 Å². The molecule has 0 spiro atoms. The number of aromatic nitrogens is 2. The van der Waals surface area contributed by atoms with E-state index in [4.69, 9.17) is 0 Å². The summed E-state index contributed by atoms with van der Waals surface area (Å²) in [6.45, 7) is 8.32. The molecule has 3 nitrogen and oxygen atoms in total. The molecule has 1 unspecified atom stereocenters. The molecule has 2 heterocycles. The summed E-state index contributed by atoms with van der Waals surface area (Å²) in [4.78, 5) is 7.18. The van der Waals surface area contributed by atoms with Crippen molar-refractivity contribution in [2.24, 2.45) is 0 Å². The van der Waals surface area contributed by atoms with Crippen molar-refractivity contribution in [1.82, 2.24) is 14.9 Å². The third-order valence-electron chi connectivity index (χ3n) is 2.80. The fraction of sp³-hybridized carbons (Fsp3) is 0.462. The van der Waals surface area contributed by atoms with Crippen LogP contribution in [-0.2, 0) is 6.54 Å². The van der Waals surface area contributed by atoms with E-state index in [2.05, 4.69) is 47.8 Å². The highest BCUT2D eigenvalue weighted by Crippen LogP contribution is 2.27. The maximum Gasteiger partial charge on any atom is 0.131 e. The number of aryl methyl sites for hydroxylation is 2. The van der Waals surface area contributed by atoms with E-state index in [-0.39, 0.29) is 6.04 Å². The maximum absolute atomic E-state index is 4.50. The van der Waals surface area contributed by atoms with Gasteiger partial charge in [0.05, 0.1) is 0 Å². The summed E-state index contributed by atoms with van der Waals surface area (Å²) >= 11 is 1.84. The minimum Gasteiger partial charge on any atom is -0.334 e. The zero-order valence-electron chi connectivity index (χ0n) is 10.6. The minimum absolute atomic E-state index is 0.216. The maximum atomic E-state index is 4.50. The molecule has 92 valence electrons. The highest BCUT2D eigenvalue weighted by atomic mass is 32.1. The minimum atomic E-state index is 0.216. The van der Waals surface area contributed by atoms with Gasteiger partial charge in [0, 0.05) is 28.7 Å². The molecule has 0 aromatic carbocycles. The van der Waals surface area contributed by atoms with Crippen molar-refractivity contribution in [2.45, 2.75) is 33.4 Å². The van der Waals surface area contributed by atoms with E-state index in [0.29, 0.717) is 0 Å². The number of imidazole rings is 1. The Bertz CT molecular complexity index is 472. The van der Waals surface area contributed by atoms with Crippen LogP contribution in [-0.4, -0.2) is 16.1 Å². The van der Waals surface area contributed by atoms with Gasteiger partial charge in [0.15, 0.2) is 0 Å². The molecule has 1 atom stereocenters. The van der Waals surface area contributed by atoms with Gasteiger partial charge in [-0.3, -0.25) is 0 Å². The van der Waals surface area contributed by atoms with E-state index in [0.717, 1.165) is 18.9 Å². The fourth-order valence-electron chi connectivity index (χ4n) is 1.98. The normalized spacial score (nSPS) is 12.9. The topological polar surface area (TPSA) is 29.9 Å². The molecular weight excluding hydrogens is 230 g/mol. The van der Waals surface area contributed by atoms with Gasteiger partial charge in [-0.1, -0.05) is 6.92 Å². The number of hydrogen-bond donors (Lipinski definition) is 1. The molecule has 2 aromatic heterocycles. The second kappa shape index (κ2) is 5.47. The van der Waals surface area contributed by atoms with Crippen molar-refractivity contribution in [2.75, 3.05) is 6.54 Å². The van der Waals surface area contributed by atoms with E-state index in [1.54, 1.807) is 0 Å². The molecule has 0 fully saturated rings. The van der Waals surface area contributed by atoms with E-state index in [9.17, 15) is 0 Å². The molecule has 0 amide bonds. The van der Waals surface area contributed by atoms with Gasteiger partial charge in [-0.05, 0) is 32.5 Å². The molecule has 0 aliphatic carbocycles. The fourth-order valence-corrected chi connectivity index (χ4v) is 2.93. The number of nitrogens with one attached hydrogen (secondary N) is 1. The van der Waals surface area contributed by atoms with Crippen LogP contribution in [0.5, 0.6) is 0 Å². The van der Waals surface area contributed by atoms with Gasteiger partial charge in [0.2, 0.25) is 0 Å². The van der Waals surface area contributed by atoms with Crippen molar-refractivity contribution in [3.63, 3.8) is 0 Å². The highest BCUT2D eigenvalue weighted by Gasteiger charge is 2.19. The largest absolute Gasteiger partial charge is 0.334 e. The molecule has 0 radical (unpaired) electrons. The van der Waals surface area contributed by atoms with Crippen LogP contribution in [0.2, 0.25) is 0 Å². The Balaban J connectivity index is 2.35. The van der Waals surface area contributed by atoms with Gasteiger partial charge in [-0.15, -0.1) is 11.3 Å². The van der Waals surface area contributed by atoms with Crippen LogP contribution in [0, 0.1) is 6.92 Å². The summed E-state index contributed by atoms with van der Waals surface area (Å²) in [5, 5.41) is 3.52. The number of thiophene rings is 1. The first kappa shape index (κ1) is 12.3. The van der Waals surface area contributed by atoms with Gasteiger partial charge in [-0.25, -0.2) is 4.98 Å². The molecular formula is C13H19N3S. The zero-order valence-corrected chi connectivity index (χ0v) is 11.4. The third-order valence-corrected chi connectivity index (χ3v) is 3.87. The Kier molecular flexibility index (Phi) is 3.97. The lowest BCUT2D eigenvalue weighted by Crippen LogP contribution is -2.24. The standard InChI is InChI=1S/C13H19N3S/c1-4-14-12(11-7-6-10(3)17-11)13-15-8-9-16(13)5-2/h6-9,12,14H,4-5H2,1-3H3. The van der Waals surface area contributed by atoms with Gasteiger partial charge < -0.3 is 9.88 Å². The van der Waals surface area contributed by atoms with Gasteiger partial charge in [0.1, 0.15) is 11.9 Å². The van der Waals surface area contributed by atoms with Crippen LogP contribution in [0.4, 0.5) is 0 Å². The highest BCUT2D eigenvalue weighted by molar-refractivity contribution is 7.12. The Morgan fingerprint density at radius 1 is 1.41 bits per heavy atom. The molecule has 1 N–H and O–H groups in total. The lowest BCUT2D eigenvalue weighted by Gasteiger charge is -2.17. The third kappa shape index (κ3) is 2.58. The molecule has 0 aliphatic heterocycles. The summed E-state index contributed by atoms with van der Waals surface area (Å²) in [5.41, 5.74) is 0. The molecule has 17 heavy (non-hydrogen) atoms. The summed E-state index contributed by atoms with van der Waals surface area (Å²) in [7, 11) is 0. The monoisotopic (exact) mass is 249 g/mol. The first-order chi connectivity index (χ1) is 8.26. The van der Waals surface area contributed by atoms with Gasteiger partial charge in [-0.2, -0.15) is 0 Å². The Morgan fingerprint density at radius 2 is 2.24 bits per heavy atom. The van der Waals surface area contributed by atoms with E-state index < -0.39 is 0 Å². The van der Waals surface area contributed by atoms with Crippen LogP contribution < -0.4 is 5.32 Å². The number of hydrogen-bond acceptors (Lipinski definition) is 3. The summed E-state index contributed by atoms with van der Waals surface area (Å²) in [6.07, 6.45) is 3.92. The molecule has 0 saturated heterocycles. The Morgan fingerprint density at radius 3 is 2.82 bits per heavy atom. The average molecular weight is 249 g/mol. The van der Waals surface area contributed by atoms with Crippen molar-refractivity contribution in [1.29, 1.82) is 0 Å². The number of nitrogens with zero attached hydrogens (tertiary/aromatic N) is 2.